The number of amides is 1. The lowest BCUT2D eigenvalue weighted by Crippen LogP contribution is -2.09. The Balaban J connectivity index is 1.62. The van der Waals surface area contributed by atoms with Crippen LogP contribution in [0, 0.1) is 0 Å². The fourth-order valence-corrected chi connectivity index (χ4v) is 2.59. The van der Waals surface area contributed by atoms with Crippen molar-refractivity contribution in [2.24, 2.45) is 0 Å². The lowest BCUT2D eigenvalue weighted by molar-refractivity contribution is -0.114. The van der Waals surface area contributed by atoms with Crippen molar-refractivity contribution in [2.45, 2.75) is 13.5 Å². The highest BCUT2D eigenvalue weighted by molar-refractivity contribution is 7.13. The minimum Gasteiger partial charge on any atom is -0.452 e. The summed E-state index contributed by atoms with van der Waals surface area (Å²) >= 11 is 1.48. The van der Waals surface area contributed by atoms with Crippen LogP contribution < -0.4 is 5.32 Å². The molecule has 0 saturated heterocycles. The van der Waals surface area contributed by atoms with E-state index >= 15 is 0 Å². The number of aromatic nitrogens is 2. The normalized spacial score (nSPS) is 10.4. The fraction of sp³-hybridized carbons (Fsp3) is 0.125. The molecule has 0 aliphatic rings. The first-order chi connectivity index (χ1) is 11.6. The van der Waals surface area contributed by atoms with Crippen LogP contribution in [0.25, 0.3) is 10.8 Å². The van der Waals surface area contributed by atoms with Crippen LogP contribution in [0.3, 0.4) is 0 Å². The highest BCUT2D eigenvalue weighted by Crippen LogP contribution is 2.23. The van der Waals surface area contributed by atoms with Crippen LogP contribution in [0.1, 0.15) is 23.2 Å². The quantitative estimate of drug-likeness (QED) is 0.715. The fourth-order valence-electron chi connectivity index (χ4n) is 1.95. The van der Waals surface area contributed by atoms with Crippen LogP contribution in [0.2, 0.25) is 0 Å². The first kappa shape index (κ1) is 15.9. The average Bonchev–Trinajstić information content (AvgIpc) is 3.23. The van der Waals surface area contributed by atoms with E-state index in [0.717, 1.165) is 4.88 Å². The van der Waals surface area contributed by atoms with Gasteiger partial charge in [0.2, 0.25) is 5.91 Å². The molecule has 0 fully saturated rings. The minimum atomic E-state index is -0.543. The number of esters is 1. The van der Waals surface area contributed by atoms with E-state index < -0.39 is 5.97 Å². The van der Waals surface area contributed by atoms with Crippen LogP contribution in [0.5, 0.6) is 0 Å². The van der Waals surface area contributed by atoms with Gasteiger partial charge in [0.25, 0.3) is 11.8 Å². The van der Waals surface area contributed by atoms with Crippen LogP contribution in [0.4, 0.5) is 5.69 Å². The highest BCUT2D eigenvalue weighted by atomic mass is 32.1. The number of nitrogens with zero attached hydrogens (tertiary/aromatic N) is 2. The summed E-state index contributed by atoms with van der Waals surface area (Å²) in [6.45, 7) is 1.27. The third-order valence-electron chi connectivity index (χ3n) is 2.94. The van der Waals surface area contributed by atoms with Crippen molar-refractivity contribution in [2.75, 3.05) is 5.32 Å². The third kappa shape index (κ3) is 3.85. The van der Waals surface area contributed by atoms with Gasteiger partial charge < -0.3 is 14.5 Å². The SMILES string of the molecule is CC(=O)Nc1cccc(C(=O)OCc2nnc(-c3cccs3)o2)c1. The standard InChI is InChI=1S/C16H13N3O4S/c1-10(20)17-12-5-2-4-11(8-12)16(21)22-9-14-18-19-15(23-14)13-6-3-7-24-13/h2-8H,9H2,1H3,(H,17,20). The third-order valence-corrected chi connectivity index (χ3v) is 3.80. The molecule has 1 N–H and O–H groups in total. The first-order valence-electron chi connectivity index (χ1n) is 7.03. The van der Waals surface area contributed by atoms with E-state index in [0.29, 0.717) is 17.1 Å². The molecule has 0 aliphatic heterocycles. The zero-order valence-corrected chi connectivity index (χ0v) is 13.5. The lowest BCUT2D eigenvalue weighted by atomic mass is 10.2. The van der Waals surface area contributed by atoms with Gasteiger partial charge in [-0.2, -0.15) is 0 Å². The molecule has 2 aromatic heterocycles. The van der Waals surface area contributed by atoms with E-state index in [1.54, 1.807) is 18.2 Å². The molecule has 0 radical (unpaired) electrons. The number of benzene rings is 1. The highest BCUT2D eigenvalue weighted by Gasteiger charge is 2.13. The van der Waals surface area contributed by atoms with E-state index in [9.17, 15) is 9.59 Å². The summed E-state index contributed by atoms with van der Waals surface area (Å²) in [5.74, 6) is -0.154. The molecule has 1 aromatic carbocycles. The second kappa shape index (κ2) is 7.05. The molecule has 0 bridgehead atoms. The second-order valence-electron chi connectivity index (χ2n) is 4.82. The van der Waals surface area contributed by atoms with Crippen LogP contribution in [-0.2, 0) is 16.1 Å². The van der Waals surface area contributed by atoms with Gasteiger partial charge in [-0.05, 0) is 29.6 Å². The Morgan fingerprint density at radius 2 is 2.12 bits per heavy atom. The Morgan fingerprint density at radius 3 is 2.88 bits per heavy atom. The molecule has 0 unspecified atom stereocenters. The van der Waals surface area contributed by atoms with Gasteiger partial charge >= 0.3 is 5.97 Å². The Morgan fingerprint density at radius 1 is 1.25 bits per heavy atom. The van der Waals surface area contributed by atoms with Gasteiger partial charge in [0.05, 0.1) is 10.4 Å². The maximum atomic E-state index is 12.1. The molecule has 122 valence electrons. The Labute approximate surface area is 141 Å². The molecule has 2 heterocycles. The van der Waals surface area contributed by atoms with Crippen molar-refractivity contribution in [1.82, 2.24) is 10.2 Å². The Bertz CT molecular complexity index is 858. The molecular formula is C16H13N3O4S. The van der Waals surface area contributed by atoms with Crippen molar-refractivity contribution in [1.29, 1.82) is 0 Å². The van der Waals surface area contributed by atoms with Gasteiger partial charge in [-0.3, -0.25) is 4.79 Å². The van der Waals surface area contributed by atoms with E-state index in [2.05, 4.69) is 15.5 Å². The number of hydrogen-bond acceptors (Lipinski definition) is 7. The zero-order chi connectivity index (χ0) is 16.9. The van der Waals surface area contributed by atoms with Gasteiger partial charge in [0.1, 0.15) is 0 Å². The van der Waals surface area contributed by atoms with Crippen LogP contribution >= 0.6 is 11.3 Å². The van der Waals surface area contributed by atoms with E-state index in [1.165, 1.54) is 24.3 Å². The molecule has 0 spiro atoms. The molecule has 24 heavy (non-hydrogen) atoms. The van der Waals surface area contributed by atoms with Gasteiger partial charge in [0, 0.05) is 12.6 Å². The summed E-state index contributed by atoms with van der Waals surface area (Å²) in [6, 6.07) is 10.2. The molecule has 3 rings (SSSR count). The zero-order valence-electron chi connectivity index (χ0n) is 12.7. The van der Waals surface area contributed by atoms with Gasteiger partial charge in [-0.25, -0.2) is 4.79 Å². The summed E-state index contributed by atoms with van der Waals surface area (Å²) < 4.78 is 10.6. The number of rotatable bonds is 5. The first-order valence-corrected chi connectivity index (χ1v) is 7.91. The molecule has 1 amide bonds. The Hall–Kier alpha value is -3.00. The molecule has 7 nitrogen and oxygen atoms in total. The second-order valence-corrected chi connectivity index (χ2v) is 5.76. The molecule has 8 heteroatoms. The predicted molar refractivity (Wildman–Crippen MR) is 87.5 cm³/mol. The summed E-state index contributed by atoms with van der Waals surface area (Å²) in [5.41, 5.74) is 0.842. The number of ether oxygens (including phenoxy) is 1. The number of carbonyl (C=O) groups excluding carboxylic acids is 2. The van der Waals surface area contributed by atoms with Gasteiger partial charge in [-0.1, -0.05) is 12.1 Å². The topological polar surface area (TPSA) is 94.3 Å². The number of carbonyl (C=O) groups is 2. The summed E-state index contributed by atoms with van der Waals surface area (Å²) in [7, 11) is 0. The smallest absolute Gasteiger partial charge is 0.338 e. The molecular weight excluding hydrogens is 330 g/mol. The number of nitrogens with one attached hydrogen (secondary N) is 1. The van der Waals surface area contributed by atoms with Crippen LogP contribution in [0.15, 0.2) is 46.2 Å². The van der Waals surface area contributed by atoms with Gasteiger partial charge in [-0.15, -0.1) is 21.5 Å². The lowest BCUT2D eigenvalue weighted by Gasteiger charge is -2.05. The molecule has 0 aliphatic carbocycles. The van der Waals surface area contributed by atoms with Crippen molar-refractivity contribution < 1.29 is 18.7 Å². The Kier molecular flexibility index (Phi) is 4.66. The largest absolute Gasteiger partial charge is 0.452 e. The van der Waals surface area contributed by atoms with E-state index in [1.807, 2.05) is 17.5 Å². The number of anilines is 1. The monoisotopic (exact) mass is 343 g/mol. The van der Waals surface area contributed by atoms with Crippen molar-refractivity contribution >= 4 is 28.9 Å². The van der Waals surface area contributed by atoms with Crippen molar-refractivity contribution in [3.63, 3.8) is 0 Å². The van der Waals surface area contributed by atoms with Crippen LogP contribution in [-0.4, -0.2) is 22.1 Å². The predicted octanol–water partition coefficient (Wildman–Crippen LogP) is 3.11. The summed E-state index contributed by atoms with van der Waals surface area (Å²) in [4.78, 5) is 24.0. The van der Waals surface area contributed by atoms with Gasteiger partial charge in [0.15, 0.2) is 6.61 Å². The number of thiophene rings is 1. The molecule has 0 saturated carbocycles. The average molecular weight is 343 g/mol. The minimum absolute atomic E-state index is 0.123. The summed E-state index contributed by atoms with van der Waals surface area (Å²) in [6.07, 6.45) is 0. The summed E-state index contributed by atoms with van der Waals surface area (Å²) in [5, 5.41) is 12.3. The molecule has 3 aromatic rings. The maximum absolute atomic E-state index is 12.1. The van der Waals surface area contributed by atoms with E-state index in [4.69, 9.17) is 9.15 Å². The van der Waals surface area contributed by atoms with E-state index in [-0.39, 0.29) is 18.4 Å². The number of hydrogen-bond donors (Lipinski definition) is 1. The molecule has 0 atom stereocenters. The maximum Gasteiger partial charge on any atom is 0.338 e. The van der Waals surface area contributed by atoms with Crippen molar-refractivity contribution in [3.05, 3.63) is 53.2 Å². The van der Waals surface area contributed by atoms with Crippen molar-refractivity contribution in [3.8, 4) is 10.8 Å².